The zero-order chi connectivity index (χ0) is 24.5. The lowest BCUT2D eigenvalue weighted by atomic mass is 10.0. The summed E-state index contributed by atoms with van der Waals surface area (Å²) < 4.78 is 12.1. The van der Waals surface area contributed by atoms with Gasteiger partial charge in [-0.25, -0.2) is 0 Å². The lowest BCUT2D eigenvalue weighted by Gasteiger charge is -2.13. The number of H-pyrrole nitrogens is 1. The standard InChI is InChI=1S/C29H31NO4S/c1-2-10-22-20-25(34-24-14-6-3-7-15-24)16-17-26(22)33-18-8-4-5-11-21-12-9-13-23(19-21)27-28(31)30-29(32)35-27/h3,6-7,9,12-17,19-20,31H,2,4-5,8,10-11,18H2,1H3,(H,30,32). The predicted octanol–water partition coefficient (Wildman–Crippen LogP) is 7.35. The van der Waals surface area contributed by atoms with Crippen LogP contribution in [0.1, 0.15) is 43.7 Å². The van der Waals surface area contributed by atoms with Crippen LogP contribution in [0.2, 0.25) is 0 Å². The van der Waals surface area contributed by atoms with Crippen molar-refractivity contribution in [1.29, 1.82) is 0 Å². The molecule has 0 spiro atoms. The second-order valence-electron chi connectivity index (χ2n) is 8.49. The van der Waals surface area contributed by atoms with Crippen LogP contribution in [0.25, 0.3) is 10.4 Å². The van der Waals surface area contributed by atoms with Crippen molar-refractivity contribution in [3.05, 3.63) is 93.6 Å². The van der Waals surface area contributed by atoms with E-state index >= 15 is 0 Å². The van der Waals surface area contributed by atoms with E-state index in [0.717, 1.165) is 72.7 Å². The van der Waals surface area contributed by atoms with Crippen molar-refractivity contribution in [3.63, 3.8) is 0 Å². The fourth-order valence-corrected chi connectivity index (χ4v) is 4.75. The summed E-state index contributed by atoms with van der Waals surface area (Å²) in [6.45, 7) is 2.85. The average molecular weight is 490 g/mol. The van der Waals surface area contributed by atoms with Gasteiger partial charge in [-0.2, -0.15) is 0 Å². The second kappa shape index (κ2) is 12.3. The number of unbranched alkanes of at least 4 members (excludes halogenated alkanes) is 2. The number of para-hydroxylation sites is 1. The highest BCUT2D eigenvalue weighted by Gasteiger charge is 2.10. The van der Waals surface area contributed by atoms with E-state index in [1.807, 2.05) is 60.7 Å². The average Bonchev–Trinajstić information content (AvgIpc) is 3.21. The predicted molar refractivity (Wildman–Crippen MR) is 142 cm³/mol. The lowest BCUT2D eigenvalue weighted by Crippen LogP contribution is -2.01. The Morgan fingerprint density at radius 3 is 2.51 bits per heavy atom. The van der Waals surface area contributed by atoms with E-state index in [1.165, 1.54) is 11.1 Å². The molecule has 3 aromatic carbocycles. The summed E-state index contributed by atoms with van der Waals surface area (Å²) in [5, 5.41) is 9.91. The SMILES string of the molecule is CCCc1cc(Oc2ccccc2)ccc1OCCCCCc1cccc(-c2sc(=O)[nH]c2O)c1. The number of hydrogen-bond acceptors (Lipinski definition) is 5. The highest BCUT2D eigenvalue weighted by atomic mass is 32.1. The molecule has 0 radical (unpaired) electrons. The molecule has 4 aromatic rings. The highest BCUT2D eigenvalue weighted by molar-refractivity contribution is 7.13. The smallest absolute Gasteiger partial charge is 0.307 e. The first kappa shape index (κ1) is 24.6. The third kappa shape index (κ3) is 6.99. The van der Waals surface area contributed by atoms with E-state index in [2.05, 4.69) is 24.0 Å². The number of thiazole rings is 1. The van der Waals surface area contributed by atoms with E-state index in [1.54, 1.807) is 0 Å². The molecule has 0 amide bonds. The summed E-state index contributed by atoms with van der Waals surface area (Å²) in [5.74, 6) is 2.53. The summed E-state index contributed by atoms with van der Waals surface area (Å²) in [4.78, 5) is 14.3. The minimum absolute atomic E-state index is 0.0589. The molecule has 0 fully saturated rings. The number of ether oxygens (including phenoxy) is 2. The third-order valence-corrected chi connectivity index (χ3v) is 6.64. The first-order valence-electron chi connectivity index (χ1n) is 12.1. The molecule has 0 atom stereocenters. The largest absolute Gasteiger partial charge is 0.493 e. The molecular formula is C29H31NO4S. The topological polar surface area (TPSA) is 71.5 Å². The highest BCUT2D eigenvalue weighted by Crippen LogP contribution is 2.31. The fraction of sp³-hybridized carbons (Fsp3) is 0.276. The van der Waals surface area contributed by atoms with E-state index < -0.39 is 0 Å². The molecule has 0 aliphatic heterocycles. The lowest BCUT2D eigenvalue weighted by molar-refractivity contribution is 0.301. The molecule has 0 saturated carbocycles. The molecular weight excluding hydrogens is 458 g/mol. The summed E-state index contributed by atoms with van der Waals surface area (Å²) in [7, 11) is 0. The van der Waals surface area contributed by atoms with Crippen LogP contribution in [-0.4, -0.2) is 16.7 Å². The molecule has 182 valence electrons. The van der Waals surface area contributed by atoms with E-state index in [-0.39, 0.29) is 10.8 Å². The van der Waals surface area contributed by atoms with Crippen LogP contribution < -0.4 is 14.3 Å². The van der Waals surface area contributed by atoms with Gasteiger partial charge >= 0.3 is 4.87 Å². The molecule has 0 aliphatic carbocycles. The molecule has 6 heteroatoms. The molecule has 1 heterocycles. The van der Waals surface area contributed by atoms with Gasteiger partial charge < -0.3 is 14.6 Å². The minimum atomic E-state index is -0.247. The van der Waals surface area contributed by atoms with Crippen LogP contribution in [0, 0.1) is 0 Å². The van der Waals surface area contributed by atoms with Crippen molar-refractivity contribution in [1.82, 2.24) is 4.98 Å². The first-order chi connectivity index (χ1) is 17.1. The van der Waals surface area contributed by atoms with E-state index in [9.17, 15) is 9.90 Å². The summed E-state index contributed by atoms with van der Waals surface area (Å²) in [5.41, 5.74) is 3.24. The zero-order valence-corrected chi connectivity index (χ0v) is 20.8. The van der Waals surface area contributed by atoms with Gasteiger partial charge in [-0.15, -0.1) is 0 Å². The summed E-state index contributed by atoms with van der Waals surface area (Å²) >= 11 is 1.03. The zero-order valence-electron chi connectivity index (χ0n) is 20.0. The van der Waals surface area contributed by atoms with Crippen molar-refractivity contribution in [2.75, 3.05) is 6.61 Å². The molecule has 5 nitrogen and oxygen atoms in total. The Balaban J connectivity index is 1.25. The van der Waals surface area contributed by atoms with Crippen LogP contribution in [0.3, 0.4) is 0 Å². The maximum absolute atomic E-state index is 11.5. The van der Waals surface area contributed by atoms with Crippen LogP contribution in [0.4, 0.5) is 0 Å². The van der Waals surface area contributed by atoms with Crippen LogP contribution >= 0.6 is 11.3 Å². The van der Waals surface area contributed by atoms with Gasteiger partial charge in [0.2, 0.25) is 5.88 Å². The number of aromatic amines is 1. The van der Waals surface area contributed by atoms with Crippen LogP contribution in [0.5, 0.6) is 23.1 Å². The van der Waals surface area contributed by atoms with Gasteiger partial charge in [-0.3, -0.25) is 9.78 Å². The van der Waals surface area contributed by atoms with Crippen molar-refractivity contribution >= 4 is 11.3 Å². The van der Waals surface area contributed by atoms with Crippen molar-refractivity contribution < 1.29 is 14.6 Å². The molecule has 1 aromatic heterocycles. The Labute approximate surface area is 210 Å². The number of benzene rings is 3. The van der Waals surface area contributed by atoms with Gasteiger partial charge in [0, 0.05) is 0 Å². The van der Waals surface area contributed by atoms with Crippen LogP contribution in [-0.2, 0) is 12.8 Å². The number of aryl methyl sites for hydroxylation is 2. The quantitative estimate of drug-likeness (QED) is 0.204. The number of aromatic nitrogens is 1. The van der Waals surface area contributed by atoms with Crippen molar-refractivity contribution in [3.8, 4) is 33.6 Å². The summed E-state index contributed by atoms with van der Waals surface area (Å²) in [6, 6.07) is 23.9. The first-order valence-corrected chi connectivity index (χ1v) is 12.9. The third-order valence-electron chi connectivity index (χ3n) is 5.72. The Kier molecular flexibility index (Phi) is 8.63. The molecule has 35 heavy (non-hydrogen) atoms. The van der Waals surface area contributed by atoms with E-state index in [4.69, 9.17) is 9.47 Å². The molecule has 4 rings (SSSR count). The van der Waals surface area contributed by atoms with Gasteiger partial charge in [-0.1, -0.05) is 67.1 Å². The number of hydrogen-bond donors (Lipinski definition) is 2. The Morgan fingerprint density at radius 1 is 0.886 bits per heavy atom. The Morgan fingerprint density at radius 2 is 1.74 bits per heavy atom. The number of rotatable bonds is 12. The molecule has 0 unspecified atom stereocenters. The van der Waals surface area contributed by atoms with Gasteiger partial charge in [0.05, 0.1) is 11.5 Å². The van der Waals surface area contributed by atoms with Gasteiger partial charge in [-0.05, 0) is 79.1 Å². The minimum Gasteiger partial charge on any atom is -0.493 e. The molecule has 0 aliphatic rings. The normalized spacial score (nSPS) is 10.9. The van der Waals surface area contributed by atoms with Crippen molar-refractivity contribution in [2.24, 2.45) is 0 Å². The maximum atomic E-state index is 11.5. The maximum Gasteiger partial charge on any atom is 0.307 e. The molecule has 2 N–H and O–H groups in total. The van der Waals surface area contributed by atoms with Crippen molar-refractivity contribution in [2.45, 2.75) is 45.4 Å². The molecule has 0 bridgehead atoms. The van der Waals surface area contributed by atoms with Gasteiger partial charge in [0.15, 0.2) is 0 Å². The van der Waals surface area contributed by atoms with Crippen LogP contribution in [0.15, 0.2) is 77.6 Å². The van der Waals surface area contributed by atoms with Gasteiger partial charge in [0.1, 0.15) is 17.2 Å². The monoisotopic (exact) mass is 489 g/mol. The molecule has 0 saturated heterocycles. The van der Waals surface area contributed by atoms with Gasteiger partial charge in [0.25, 0.3) is 0 Å². The Hall–Kier alpha value is -3.51. The Bertz CT molecular complexity index is 1280. The number of nitrogens with one attached hydrogen (secondary N) is 1. The van der Waals surface area contributed by atoms with E-state index in [0.29, 0.717) is 11.5 Å². The second-order valence-corrected chi connectivity index (χ2v) is 9.47. The number of aromatic hydroxyl groups is 1. The fourth-order valence-electron chi connectivity index (χ4n) is 4.02. The summed E-state index contributed by atoms with van der Waals surface area (Å²) in [6.07, 6.45) is 6.03.